The average molecular weight is 329 g/mol. The van der Waals surface area contributed by atoms with Crippen LogP contribution >= 0.6 is 11.6 Å². The summed E-state index contributed by atoms with van der Waals surface area (Å²) in [5.41, 5.74) is 5.46. The van der Waals surface area contributed by atoms with Crippen LogP contribution in [-0.2, 0) is 17.6 Å². The molecule has 0 saturated carbocycles. The summed E-state index contributed by atoms with van der Waals surface area (Å²) in [6.07, 6.45) is 3.52. The number of fused-ring (bicyclic) bond motifs is 1. The lowest BCUT2D eigenvalue weighted by atomic mass is 10.1. The molecule has 0 fully saturated rings. The van der Waals surface area contributed by atoms with Crippen LogP contribution in [0, 0.1) is 6.92 Å². The van der Waals surface area contributed by atoms with E-state index in [0.29, 0.717) is 5.02 Å². The Kier molecular flexibility index (Phi) is 4.58. The SMILES string of the molecule is Cc1c(Cl)cccc1NC(=O)[C@H](C)Nc1ccc2c(c1)CCC2. The smallest absolute Gasteiger partial charge is 0.246 e. The number of nitrogens with one attached hydrogen (secondary N) is 2. The zero-order valence-corrected chi connectivity index (χ0v) is 14.2. The Hall–Kier alpha value is -2.00. The van der Waals surface area contributed by atoms with E-state index in [2.05, 4.69) is 28.8 Å². The molecule has 2 aromatic rings. The van der Waals surface area contributed by atoms with Crippen molar-refractivity contribution in [1.29, 1.82) is 0 Å². The minimum Gasteiger partial charge on any atom is -0.374 e. The first-order valence-electron chi connectivity index (χ1n) is 7.99. The molecule has 23 heavy (non-hydrogen) atoms. The first-order chi connectivity index (χ1) is 11.0. The summed E-state index contributed by atoms with van der Waals surface area (Å²) in [6.45, 7) is 3.76. The molecule has 0 bridgehead atoms. The quantitative estimate of drug-likeness (QED) is 0.862. The standard InChI is InChI=1S/C19H21ClN2O/c1-12-17(20)7-4-8-18(12)22-19(23)13(2)21-16-10-9-14-5-3-6-15(14)11-16/h4,7-11,13,21H,3,5-6H2,1-2H3,(H,22,23)/t13-/m0/s1. The Morgan fingerprint density at radius 1 is 1.17 bits per heavy atom. The van der Waals surface area contributed by atoms with E-state index in [0.717, 1.165) is 23.4 Å². The predicted octanol–water partition coefficient (Wildman–Crippen LogP) is 4.58. The Labute approximate surface area is 142 Å². The largest absolute Gasteiger partial charge is 0.374 e. The molecule has 1 aliphatic carbocycles. The first-order valence-corrected chi connectivity index (χ1v) is 8.36. The Bertz CT molecular complexity index is 742. The summed E-state index contributed by atoms with van der Waals surface area (Å²) in [4.78, 5) is 12.4. The predicted molar refractivity (Wildman–Crippen MR) is 96.4 cm³/mol. The van der Waals surface area contributed by atoms with Gasteiger partial charge in [-0.15, -0.1) is 0 Å². The number of aryl methyl sites for hydroxylation is 2. The normalized spacial score (nSPS) is 14.2. The van der Waals surface area contributed by atoms with Crippen molar-refractivity contribution in [2.45, 2.75) is 39.2 Å². The molecule has 0 radical (unpaired) electrons. The molecule has 0 aliphatic heterocycles. The van der Waals surface area contributed by atoms with Crippen LogP contribution in [-0.4, -0.2) is 11.9 Å². The summed E-state index contributed by atoms with van der Waals surface area (Å²) >= 11 is 6.09. The number of amides is 1. The Balaban J connectivity index is 1.67. The van der Waals surface area contributed by atoms with E-state index in [1.807, 2.05) is 32.0 Å². The second kappa shape index (κ2) is 6.63. The zero-order valence-electron chi connectivity index (χ0n) is 13.4. The maximum atomic E-state index is 12.4. The number of rotatable bonds is 4. The molecular formula is C19H21ClN2O. The van der Waals surface area contributed by atoms with Gasteiger partial charge in [-0.05, 0) is 74.1 Å². The molecule has 1 atom stereocenters. The second-order valence-corrected chi connectivity index (χ2v) is 6.51. The summed E-state index contributed by atoms with van der Waals surface area (Å²) < 4.78 is 0. The van der Waals surface area contributed by atoms with Gasteiger partial charge in [0.15, 0.2) is 0 Å². The minimum absolute atomic E-state index is 0.0733. The van der Waals surface area contributed by atoms with Crippen molar-refractivity contribution >= 4 is 28.9 Å². The average Bonchev–Trinajstić information content (AvgIpc) is 2.99. The Morgan fingerprint density at radius 3 is 2.78 bits per heavy atom. The molecule has 3 rings (SSSR count). The minimum atomic E-state index is -0.326. The topological polar surface area (TPSA) is 41.1 Å². The van der Waals surface area contributed by atoms with Gasteiger partial charge in [-0.1, -0.05) is 23.7 Å². The maximum Gasteiger partial charge on any atom is 0.246 e. The van der Waals surface area contributed by atoms with Crippen molar-refractivity contribution in [1.82, 2.24) is 0 Å². The molecule has 2 aromatic carbocycles. The van der Waals surface area contributed by atoms with Crippen LogP contribution in [0.5, 0.6) is 0 Å². The number of carbonyl (C=O) groups is 1. The van der Waals surface area contributed by atoms with Crippen molar-refractivity contribution < 1.29 is 4.79 Å². The molecule has 1 aliphatic rings. The molecule has 0 heterocycles. The van der Waals surface area contributed by atoms with Crippen molar-refractivity contribution in [2.24, 2.45) is 0 Å². The molecule has 2 N–H and O–H groups in total. The van der Waals surface area contributed by atoms with E-state index in [-0.39, 0.29) is 11.9 Å². The van der Waals surface area contributed by atoms with Gasteiger partial charge in [-0.2, -0.15) is 0 Å². The molecule has 4 heteroatoms. The number of anilines is 2. The van der Waals surface area contributed by atoms with Gasteiger partial charge in [0.1, 0.15) is 6.04 Å². The Morgan fingerprint density at radius 2 is 1.96 bits per heavy atom. The summed E-state index contributed by atoms with van der Waals surface area (Å²) in [5.74, 6) is -0.0733. The van der Waals surface area contributed by atoms with E-state index < -0.39 is 0 Å². The highest BCUT2D eigenvalue weighted by molar-refractivity contribution is 6.31. The molecule has 3 nitrogen and oxygen atoms in total. The fraction of sp³-hybridized carbons (Fsp3) is 0.316. The van der Waals surface area contributed by atoms with Crippen molar-refractivity contribution in [3.05, 3.63) is 58.1 Å². The van der Waals surface area contributed by atoms with Crippen LogP contribution in [0.15, 0.2) is 36.4 Å². The van der Waals surface area contributed by atoms with E-state index in [4.69, 9.17) is 11.6 Å². The highest BCUT2D eigenvalue weighted by Crippen LogP contribution is 2.26. The van der Waals surface area contributed by atoms with Crippen LogP contribution in [0.1, 0.15) is 30.0 Å². The molecule has 0 spiro atoms. The fourth-order valence-corrected chi connectivity index (χ4v) is 3.14. The first kappa shape index (κ1) is 15.9. The van der Waals surface area contributed by atoms with Crippen molar-refractivity contribution in [3.63, 3.8) is 0 Å². The molecule has 0 saturated heterocycles. The maximum absolute atomic E-state index is 12.4. The molecule has 0 unspecified atom stereocenters. The molecular weight excluding hydrogens is 308 g/mol. The second-order valence-electron chi connectivity index (χ2n) is 6.10. The molecule has 0 aromatic heterocycles. The van der Waals surface area contributed by atoms with Gasteiger partial charge < -0.3 is 10.6 Å². The van der Waals surface area contributed by atoms with E-state index in [1.54, 1.807) is 0 Å². The number of carbonyl (C=O) groups excluding carboxylic acids is 1. The monoisotopic (exact) mass is 328 g/mol. The van der Waals surface area contributed by atoms with Gasteiger partial charge in [0.05, 0.1) is 0 Å². The lowest BCUT2D eigenvalue weighted by Crippen LogP contribution is -2.32. The molecule has 1 amide bonds. The van der Waals surface area contributed by atoms with E-state index in [9.17, 15) is 4.79 Å². The van der Waals surface area contributed by atoms with Gasteiger partial charge in [0, 0.05) is 16.4 Å². The van der Waals surface area contributed by atoms with Crippen molar-refractivity contribution in [3.8, 4) is 0 Å². The van der Waals surface area contributed by atoms with Crippen LogP contribution in [0.3, 0.4) is 0 Å². The highest BCUT2D eigenvalue weighted by Gasteiger charge is 2.16. The third-order valence-electron chi connectivity index (χ3n) is 4.40. The van der Waals surface area contributed by atoms with E-state index in [1.165, 1.54) is 24.0 Å². The zero-order chi connectivity index (χ0) is 16.4. The van der Waals surface area contributed by atoms with Crippen LogP contribution in [0.4, 0.5) is 11.4 Å². The van der Waals surface area contributed by atoms with Crippen molar-refractivity contribution in [2.75, 3.05) is 10.6 Å². The lowest BCUT2D eigenvalue weighted by molar-refractivity contribution is -0.116. The third-order valence-corrected chi connectivity index (χ3v) is 4.81. The number of halogens is 1. The fourth-order valence-electron chi connectivity index (χ4n) is 2.96. The lowest BCUT2D eigenvalue weighted by Gasteiger charge is -2.17. The summed E-state index contributed by atoms with van der Waals surface area (Å²) in [5, 5.41) is 6.87. The molecule has 120 valence electrons. The number of hydrogen-bond acceptors (Lipinski definition) is 2. The van der Waals surface area contributed by atoms with Gasteiger partial charge in [0.25, 0.3) is 0 Å². The highest BCUT2D eigenvalue weighted by atomic mass is 35.5. The van der Waals surface area contributed by atoms with Gasteiger partial charge in [-0.25, -0.2) is 0 Å². The van der Waals surface area contributed by atoms with Gasteiger partial charge in [0.2, 0.25) is 5.91 Å². The summed E-state index contributed by atoms with van der Waals surface area (Å²) in [6, 6.07) is 11.6. The van der Waals surface area contributed by atoms with Gasteiger partial charge in [-0.3, -0.25) is 4.79 Å². The van der Waals surface area contributed by atoms with Gasteiger partial charge >= 0.3 is 0 Å². The number of hydrogen-bond donors (Lipinski definition) is 2. The third kappa shape index (κ3) is 3.50. The van der Waals surface area contributed by atoms with Crippen LogP contribution in [0.2, 0.25) is 5.02 Å². The van der Waals surface area contributed by atoms with E-state index >= 15 is 0 Å². The summed E-state index contributed by atoms with van der Waals surface area (Å²) in [7, 11) is 0. The van der Waals surface area contributed by atoms with Crippen LogP contribution in [0.25, 0.3) is 0 Å². The number of benzene rings is 2. The van der Waals surface area contributed by atoms with Crippen LogP contribution < -0.4 is 10.6 Å².